The molecule has 0 fully saturated rings. The molecule has 1 unspecified atom stereocenters. The van der Waals surface area contributed by atoms with Gasteiger partial charge in [-0.2, -0.15) is 0 Å². The fraction of sp³-hybridized carbons (Fsp3) is 0.467. The zero-order valence-corrected chi connectivity index (χ0v) is 13.8. The molecule has 1 aromatic carbocycles. The van der Waals surface area contributed by atoms with Gasteiger partial charge in [-0.25, -0.2) is 13.1 Å². The van der Waals surface area contributed by atoms with Crippen LogP contribution in [0.3, 0.4) is 0 Å². The van der Waals surface area contributed by atoms with Gasteiger partial charge in [-0.3, -0.25) is 0 Å². The Morgan fingerprint density at radius 2 is 2.14 bits per heavy atom. The maximum absolute atomic E-state index is 12.3. The summed E-state index contributed by atoms with van der Waals surface area (Å²) in [6, 6.07) is 4.34. The zero-order valence-electron chi connectivity index (χ0n) is 12.2. The van der Waals surface area contributed by atoms with Crippen molar-refractivity contribution in [1.82, 2.24) is 4.72 Å². The van der Waals surface area contributed by atoms with Crippen LogP contribution in [0.15, 0.2) is 23.1 Å². The lowest BCUT2D eigenvalue weighted by Crippen LogP contribution is -2.32. The number of nitrogens with one attached hydrogen (secondary N) is 1. The predicted octanol–water partition coefficient (Wildman–Crippen LogP) is 2.54. The quantitative estimate of drug-likeness (QED) is 0.788. The Morgan fingerprint density at radius 3 is 2.71 bits per heavy atom. The van der Waals surface area contributed by atoms with E-state index in [4.69, 9.17) is 16.7 Å². The van der Waals surface area contributed by atoms with Crippen LogP contribution >= 0.6 is 11.6 Å². The monoisotopic (exact) mass is 329 g/mol. The van der Waals surface area contributed by atoms with E-state index in [0.29, 0.717) is 5.56 Å². The maximum Gasteiger partial charge on any atom is 0.242 e. The van der Waals surface area contributed by atoms with E-state index in [2.05, 4.69) is 23.5 Å². The van der Waals surface area contributed by atoms with Gasteiger partial charge in [0.25, 0.3) is 0 Å². The minimum atomic E-state index is -3.64. The van der Waals surface area contributed by atoms with Gasteiger partial charge in [0.15, 0.2) is 0 Å². The highest BCUT2D eigenvalue weighted by Crippen LogP contribution is 2.23. The van der Waals surface area contributed by atoms with Crippen molar-refractivity contribution in [3.63, 3.8) is 0 Å². The minimum absolute atomic E-state index is 0.0436. The number of sulfonamides is 1. The normalized spacial score (nSPS) is 12.6. The number of aliphatic hydroxyl groups is 1. The van der Waals surface area contributed by atoms with Gasteiger partial charge in [0.2, 0.25) is 10.0 Å². The lowest BCUT2D eigenvalue weighted by molar-refractivity contribution is 0.350. The van der Waals surface area contributed by atoms with Crippen LogP contribution in [0.1, 0.15) is 38.7 Å². The number of aliphatic hydroxyl groups excluding tert-OH is 1. The molecule has 2 N–H and O–H groups in total. The summed E-state index contributed by atoms with van der Waals surface area (Å²) in [4.78, 5) is 0.0436. The highest BCUT2D eigenvalue weighted by atomic mass is 35.5. The average molecular weight is 330 g/mol. The van der Waals surface area contributed by atoms with Gasteiger partial charge in [-0.1, -0.05) is 43.2 Å². The Morgan fingerprint density at radius 1 is 1.43 bits per heavy atom. The summed E-state index contributed by atoms with van der Waals surface area (Å²) in [5, 5.41) is 8.76. The van der Waals surface area contributed by atoms with Crippen molar-refractivity contribution in [3.05, 3.63) is 28.8 Å². The Balaban J connectivity index is 2.93. The number of rotatable bonds is 6. The van der Waals surface area contributed by atoms with Gasteiger partial charge in [-0.15, -0.1) is 0 Å². The molecule has 1 aromatic rings. The summed E-state index contributed by atoms with van der Waals surface area (Å²) in [6.07, 6.45) is 2.77. The average Bonchev–Trinajstić information content (AvgIpc) is 2.42. The molecule has 1 atom stereocenters. The van der Waals surface area contributed by atoms with Crippen LogP contribution in [0, 0.1) is 11.8 Å². The molecule has 21 heavy (non-hydrogen) atoms. The number of hydrogen-bond donors (Lipinski definition) is 2. The van der Waals surface area contributed by atoms with Crippen LogP contribution in [0.5, 0.6) is 0 Å². The number of hydrogen-bond acceptors (Lipinski definition) is 3. The number of unbranched alkanes of at least 4 members (excludes halogenated alkanes) is 1. The van der Waals surface area contributed by atoms with Crippen LogP contribution in [0.2, 0.25) is 5.02 Å². The molecule has 0 aliphatic heterocycles. The molecular formula is C15H20ClNO3S. The molecule has 0 aliphatic rings. The molecule has 0 aliphatic carbocycles. The molecule has 0 bridgehead atoms. The molecule has 0 spiro atoms. The third-order valence-electron chi connectivity index (χ3n) is 2.88. The van der Waals surface area contributed by atoms with E-state index in [0.717, 1.165) is 19.3 Å². The van der Waals surface area contributed by atoms with E-state index >= 15 is 0 Å². The van der Waals surface area contributed by atoms with Gasteiger partial charge in [0.1, 0.15) is 11.5 Å². The molecule has 116 valence electrons. The van der Waals surface area contributed by atoms with E-state index in [1.165, 1.54) is 12.1 Å². The van der Waals surface area contributed by atoms with Crippen molar-refractivity contribution < 1.29 is 13.5 Å². The number of benzene rings is 1. The van der Waals surface area contributed by atoms with Gasteiger partial charge in [-0.05, 0) is 31.5 Å². The molecule has 4 nitrogen and oxygen atoms in total. The molecule has 0 saturated carbocycles. The van der Waals surface area contributed by atoms with Crippen molar-refractivity contribution >= 4 is 21.6 Å². The highest BCUT2D eigenvalue weighted by Gasteiger charge is 2.20. The Hall–Kier alpha value is -1.06. The molecule has 1 rings (SSSR count). The Labute approximate surface area is 131 Å². The number of halogens is 1. The first-order valence-electron chi connectivity index (χ1n) is 6.82. The van der Waals surface area contributed by atoms with E-state index in [9.17, 15) is 8.42 Å². The molecule has 0 amide bonds. The van der Waals surface area contributed by atoms with Crippen molar-refractivity contribution in [3.8, 4) is 11.8 Å². The largest absolute Gasteiger partial charge is 0.384 e. The summed E-state index contributed by atoms with van der Waals surface area (Å²) in [7, 11) is -3.64. The third kappa shape index (κ3) is 5.68. The Bertz CT molecular complexity index is 632. The van der Waals surface area contributed by atoms with Crippen LogP contribution < -0.4 is 4.72 Å². The zero-order chi connectivity index (χ0) is 15.9. The van der Waals surface area contributed by atoms with Crippen LogP contribution in [0.25, 0.3) is 0 Å². The molecular weight excluding hydrogens is 310 g/mol. The van der Waals surface area contributed by atoms with Crippen molar-refractivity contribution in [2.75, 3.05) is 6.61 Å². The molecule has 0 saturated heterocycles. The van der Waals surface area contributed by atoms with Gasteiger partial charge >= 0.3 is 0 Å². The van der Waals surface area contributed by atoms with E-state index in [1.54, 1.807) is 6.07 Å². The van der Waals surface area contributed by atoms with Gasteiger partial charge in [0.05, 0.1) is 5.02 Å². The fourth-order valence-corrected chi connectivity index (χ4v) is 3.66. The third-order valence-corrected chi connectivity index (χ3v) is 4.95. The maximum atomic E-state index is 12.3. The predicted molar refractivity (Wildman–Crippen MR) is 84.7 cm³/mol. The lowest BCUT2D eigenvalue weighted by Gasteiger charge is -2.14. The molecule has 0 heterocycles. The summed E-state index contributed by atoms with van der Waals surface area (Å²) < 4.78 is 27.2. The van der Waals surface area contributed by atoms with Crippen LogP contribution in [0.4, 0.5) is 0 Å². The van der Waals surface area contributed by atoms with E-state index in [1.807, 2.05) is 6.92 Å². The first-order chi connectivity index (χ1) is 9.90. The fourth-order valence-electron chi connectivity index (χ4n) is 1.84. The minimum Gasteiger partial charge on any atom is -0.384 e. The SMILES string of the molecule is CCCCC(C)NS(=O)(=O)c1ccc(C#CCO)cc1Cl. The second-order valence-corrected chi connectivity index (χ2v) is 6.86. The second-order valence-electron chi connectivity index (χ2n) is 4.77. The first-order valence-corrected chi connectivity index (χ1v) is 8.68. The summed E-state index contributed by atoms with van der Waals surface area (Å²) in [6.45, 7) is 3.64. The molecule has 0 radical (unpaired) electrons. The molecule has 0 aromatic heterocycles. The first kappa shape index (κ1) is 18.0. The Kier molecular flexibility index (Phi) is 7.20. The van der Waals surface area contributed by atoms with Crippen molar-refractivity contribution in [2.45, 2.75) is 44.0 Å². The summed E-state index contributed by atoms with van der Waals surface area (Å²) in [5.74, 6) is 5.17. The van der Waals surface area contributed by atoms with Crippen molar-refractivity contribution in [1.29, 1.82) is 0 Å². The van der Waals surface area contributed by atoms with Crippen molar-refractivity contribution in [2.24, 2.45) is 0 Å². The molecule has 6 heteroatoms. The standard InChI is InChI=1S/C15H20ClNO3S/c1-3-4-6-12(2)17-21(19,20)15-9-8-13(7-5-10-18)11-14(15)16/h8-9,11-12,17-18H,3-4,6,10H2,1-2H3. The smallest absolute Gasteiger partial charge is 0.242 e. The summed E-state index contributed by atoms with van der Waals surface area (Å²) in [5.41, 5.74) is 0.562. The topological polar surface area (TPSA) is 66.4 Å². The van der Waals surface area contributed by atoms with Crippen LogP contribution in [-0.2, 0) is 10.0 Å². The van der Waals surface area contributed by atoms with Crippen LogP contribution in [-0.4, -0.2) is 26.2 Å². The summed E-state index contributed by atoms with van der Waals surface area (Å²) >= 11 is 6.03. The lowest BCUT2D eigenvalue weighted by atomic mass is 10.2. The second kappa shape index (κ2) is 8.40. The van der Waals surface area contributed by atoms with Gasteiger partial charge in [0, 0.05) is 11.6 Å². The highest BCUT2D eigenvalue weighted by molar-refractivity contribution is 7.89. The van der Waals surface area contributed by atoms with Gasteiger partial charge < -0.3 is 5.11 Å². The van der Waals surface area contributed by atoms with E-state index < -0.39 is 10.0 Å². The van der Waals surface area contributed by atoms with E-state index in [-0.39, 0.29) is 22.6 Å².